The van der Waals surface area contributed by atoms with Gasteiger partial charge in [-0.1, -0.05) is 26.0 Å². The van der Waals surface area contributed by atoms with Crippen molar-refractivity contribution in [1.82, 2.24) is 0 Å². The van der Waals surface area contributed by atoms with Crippen molar-refractivity contribution in [2.75, 3.05) is 7.11 Å². The van der Waals surface area contributed by atoms with Gasteiger partial charge in [0.15, 0.2) is 0 Å². The van der Waals surface area contributed by atoms with E-state index in [9.17, 15) is 0 Å². The highest BCUT2D eigenvalue weighted by Gasteiger charge is 2.22. The number of benzene rings is 1. The standard InChI is InChI=1S/C15H25NO2/c1-10(2)15(17-5)14(16)12-6-8-13(9-7-12)18-11(3)4/h6-11,14-15H,16H2,1-5H3. The molecule has 0 saturated heterocycles. The average Bonchev–Trinajstić information content (AvgIpc) is 2.29. The number of ether oxygens (including phenoxy) is 2. The SMILES string of the molecule is COC(C(C)C)C(N)c1ccc(OC(C)C)cc1. The van der Waals surface area contributed by atoms with Gasteiger partial charge in [-0.2, -0.15) is 0 Å². The lowest BCUT2D eigenvalue weighted by Gasteiger charge is -2.26. The summed E-state index contributed by atoms with van der Waals surface area (Å²) in [5.74, 6) is 1.26. The van der Waals surface area contributed by atoms with Gasteiger partial charge < -0.3 is 15.2 Å². The zero-order chi connectivity index (χ0) is 13.7. The lowest BCUT2D eigenvalue weighted by atomic mass is 9.94. The Hall–Kier alpha value is -1.06. The van der Waals surface area contributed by atoms with Crippen LogP contribution in [0.15, 0.2) is 24.3 Å². The highest BCUT2D eigenvalue weighted by atomic mass is 16.5. The Balaban J connectivity index is 2.77. The molecule has 0 spiro atoms. The van der Waals surface area contributed by atoms with Gasteiger partial charge in [0.2, 0.25) is 0 Å². The van der Waals surface area contributed by atoms with E-state index in [-0.39, 0.29) is 18.2 Å². The zero-order valence-corrected chi connectivity index (χ0v) is 12.0. The van der Waals surface area contributed by atoms with Crippen LogP contribution in [0.1, 0.15) is 39.3 Å². The van der Waals surface area contributed by atoms with E-state index < -0.39 is 0 Å². The second kappa shape index (κ2) is 6.76. The van der Waals surface area contributed by atoms with E-state index >= 15 is 0 Å². The molecule has 1 aromatic rings. The molecule has 0 bridgehead atoms. The van der Waals surface area contributed by atoms with Gasteiger partial charge in [0, 0.05) is 7.11 Å². The summed E-state index contributed by atoms with van der Waals surface area (Å²) < 4.78 is 11.1. The summed E-state index contributed by atoms with van der Waals surface area (Å²) >= 11 is 0. The molecule has 18 heavy (non-hydrogen) atoms. The molecule has 2 atom stereocenters. The van der Waals surface area contributed by atoms with E-state index in [0.29, 0.717) is 5.92 Å². The second-order valence-electron chi connectivity index (χ2n) is 5.21. The molecule has 3 nitrogen and oxygen atoms in total. The lowest BCUT2D eigenvalue weighted by Crippen LogP contribution is -2.32. The molecule has 3 heteroatoms. The molecule has 0 heterocycles. The molecule has 0 aliphatic carbocycles. The Morgan fingerprint density at radius 2 is 1.56 bits per heavy atom. The molecule has 2 unspecified atom stereocenters. The first-order chi connectivity index (χ1) is 8.45. The molecule has 1 aromatic carbocycles. The fourth-order valence-corrected chi connectivity index (χ4v) is 2.06. The van der Waals surface area contributed by atoms with E-state index in [2.05, 4.69) is 13.8 Å². The maximum Gasteiger partial charge on any atom is 0.119 e. The molecule has 0 fully saturated rings. The minimum atomic E-state index is -0.108. The van der Waals surface area contributed by atoms with Crippen LogP contribution < -0.4 is 10.5 Å². The predicted molar refractivity (Wildman–Crippen MR) is 74.8 cm³/mol. The van der Waals surface area contributed by atoms with Crippen molar-refractivity contribution < 1.29 is 9.47 Å². The summed E-state index contributed by atoms with van der Waals surface area (Å²) in [4.78, 5) is 0. The van der Waals surface area contributed by atoms with Gasteiger partial charge >= 0.3 is 0 Å². The number of methoxy groups -OCH3 is 1. The van der Waals surface area contributed by atoms with Crippen LogP contribution in [0.25, 0.3) is 0 Å². The Bertz CT molecular complexity index is 346. The topological polar surface area (TPSA) is 44.5 Å². The van der Waals surface area contributed by atoms with E-state index in [0.717, 1.165) is 11.3 Å². The van der Waals surface area contributed by atoms with Crippen LogP contribution >= 0.6 is 0 Å². The Morgan fingerprint density at radius 3 is 1.94 bits per heavy atom. The maximum absolute atomic E-state index is 6.24. The first kappa shape index (κ1) is 15.0. The third-order valence-electron chi connectivity index (χ3n) is 2.92. The number of nitrogens with two attached hydrogens (primary N) is 1. The van der Waals surface area contributed by atoms with Crippen molar-refractivity contribution in [3.05, 3.63) is 29.8 Å². The highest BCUT2D eigenvalue weighted by molar-refractivity contribution is 5.29. The van der Waals surface area contributed by atoms with Crippen LogP contribution in [-0.2, 0) is 4.74 Å². The van der Waals surface area contributed by atoms with Crippen molar-refractivity contribution in [2.24, 2.45) is 11.7 Å². The Labute approximate surface area is 110 Å². The molecular weight excluding hydrogens is 226 g/mol. The molecule has 1 rings (SSSR count). The third kappa shape index (κ3) is 4.00. The van der Waals surface area contributed by atoms with Crippen LogP contribution in [0.5, 0.6) is 5.75 Å². The Kier molecular flexibility index (Phi) is 5.63. The molecule has 102 valence electrons. The zero-order valence-electron chi connectivity index (χ0n) is 12.0. The van der Waals surface area contributed by atoms with Crippen LogP contribution in [0.3, 0.4) is 0 Å². The molecule has 2 N–H and O–H groups in total. The van der Waals surface area contributed by atoms with Gasteiger partial charge in [0.1, 0.15) is 5.75 Å². The van der Waals surface area contributed by atoms with Gasteiger partial charge in [-0.25, -0.2) is 0 Å². The minimum absolute atomic E-state index is 0.0295. The fraction of sp³-hybridized carbons (Fsp3) is 0.600. The molecular formula is C15H25NO2. The van der Waals surface area contributed by atoms with Gasteiger partial charge in [0.05, 0.1) is 18.2 Å². The molecule has 0 amide bonds. The summed E-state index contributed by atoms with van der Waals surface area (Å²) in [7, 11) is 1.71. The van der Waals surface area contributed by atoms with Crippen molar-refractivity contribution in [3.63, 3.8) is 0 Å². The quantitative estimate of drug-likeness (QED) is 0.844. The molecule has 0 radical (unpaired) electrons. The molecule has 0 aliphatic heterocycles. The van der Waals surface area contributed by atoms with Gasteiger partial charge in [-0.3, -0.25) is 0 Å². The normalized spacial score (nSPS) is 14.9. The van der Waals surface area contributed by atoms with Crippen LogP contribution in [-0.4, -0.2) is 19.3 Å². The van der Waals surface area contributed by atoms with Crippen LogP contribution in [0.4, 0.5) is 0 Å². The van der Waals surface area contributed by atoms with Gasteiger partial charge in [-0.15, -0.1) is 0 Å². The minimum Gasteiger partial charge on any atom is -0.491 e. The van der Waals surface area contributed by atoms with Crippen molar-refractivity contribution in [1.29, 1.82) is 0 Å². The third-order valence-corrected chi connectivity index (χ3v) is 2.92. The van der Waals surface area contributed by atoms with E-state index in [1.807, 2.05) is 38.1 Å². The number of hydrogen-bond acceptors (Lipinski definition) is 3. The van der Waals surface area contributed by atoms with Gasteiger partial charge in [0.25, 0.3) is 0 Å². The summed E-state index contributed by atoms with van der Waals surface area (Å²) in [6.07, 6.45) is 0.216. The van der Waals surface area contributed by atoms with E-state index in [1.54, 1.807) is 7.11 Å². The Morgan fingerprint density at radius 1 is 1.00 bits per heavy atom. The maximum atomic E-state index is 6.24. The second-order valence-corrected chi connectivity index (χ2v) is 5.21. The van der Waals surface area contributed by atoms with E-state index in [1.165, 1.54) is 0 Å². The largest absolute Gasteiger partial charge is 0.491 e. The summed E-state index contributed by atoms with van der Waals surface area (Å²) in [6.45, 7) is 8.26. The lowest BCUT2D eigenvalue weighted by molar-refractivity contribution is 0.0437. The molecule has 0 aromatic heterocycles. The summed E-state index contributed by atoms with van der Waals surface area (Å²) in [5, 5.41) is 0. The summed E-state index contributed by atoms with van der Waals surface area (Å²) in [5.41, 5.74) is 7.31. The van der Waals surface area contributed by atoms with Crippen LogP contribution in [0, 0.1) is 5.92 Å². The fourth-order valence-electron chi connectivity index (χ4n) is 2.06. The smallest absolute Gasteiger partial charge is 0.119 e. The average molecular weight is 251 g/mol. The number of hydrogen-bond donors (Lipinski definition) is 1. The predicted octanol–water partition coefficient (Wildman–Crippen LogP) is 3.14. The molecule has 0 aliphatic rings. The monoisotopic (exact) mass is 251 g/mol. The van der Waals surface area contributed by atoms with Crippen molar-refractivity contribution in [2.45, 2.75) is 45.9 Å². The number of rotatable bonds is 6. The first-order valence-electron chi connectivity index (χ1n) is 6.50. The van der Waals surface area contributed by atoms with Crippen LogP contribution in [0.2, 0.25) is 0 Å². The van der Waals surface area contributed by atoms with Crippen molar-refractivity contribution >= 4 is 0 Å². The highest BCUT2D eigenvalue weighted by Crippen LogP contribution is 2.24. The first-order valence-corrected chi connectivity index (χ1v) is 6.50. The van der Waals surface area contributed by atoms with E-state index in [4.69, 9.17) is 15.2 Å². The van der Waals surface area contributed by atoms with Gasteiger partial charge in [-0.05, 0) is 37.5 Å². The molecule has 0 saturated carbocycles. The summed E-state index contributed by atoms with van der Waals surface area (Å²) in [6, 6.07) is 7.83. The van der Waals surface area contributed by atoms with Crippen molar-refractivity contribution in [3.8, 4) is 5.75 Å².